The van der Waals surface area contributed by atoms with E-state index in [9.17, 15) is 4.79 Å². The van der Waals surface area contributed by atoms with Crippen molar-refractivity contribution in [1.29, 1.82) is 0 Å². The molecule has 138 valence electrons. The van der Waals surface area contributed by atoms with E-state index in [4.69, 9.17) is 9.72 Å². The Balaban J connectivity index is 1.49. The van der Waals surface area contributed by atoms with E-state index in [1.165, 1.54) is 24.2 Å². The molecule has 1 aromatic carbocycles. The fraction of sp³-hybridized carbons (Fsp3) is 0.500. The van der Waals surface area contributed by atoms with Crippen LogP contribution in [-0.2, 0) is 22.4 Å². The number of imidazole rings is 1. The number of nitrogens with zero attached hydrogens (tertiary/aromatic N) is 2. The van der Waals surface area contributed by atoms with Crippen LogP contribution in [0, 0.1) is 0 Å². The second-order valence-corrected chi connectivity index (χ2v) is 7.85. The molecule has 4 rings (SSSR count). The van der Waals surface area contributed by atoms with Gasteiger partial charge in [-0.05, 0) is 50.7 Å². The number of amides is 1. The second-order valence-electron chi connectivity index (χ2n) is 6.91. The Hall–Kier alpha value is -1.79. The quantitative estimate of drug-likeness (QED) is 0.821. The summed E-state index contributed by atoms with van der Waals surface area (Å²) < 4.78 is 7.60. The maximum atomic E-state index is 12.4. The third-order valence-electron chi connectivity index (χ3n) is 5.04. The summed E-state index contributed by atoms with van der Waals surface area (Å²) in [6.07, 6.45) is 6.32. The van der Waals surface area contributed by atoms with Gasteiger partial charge in [0.05, 0.1) is 11.4 Å². The smallest absolute Gasteiger partial charge is 0.230 e. The zero-order valence-electron chi connectivity index (χ0n) is 14.9. The molecule has 0 bridgehead atoms. The second kappa shape index (κ2) is 8.27. The van der Waals surface area contributed by atoms with E-state index in [2.05, 4.69) is 34.1 Å². The van der Waals surface area contributed by atoms with Gasteiger partial charge in [-0.1, -0.05) is 30.0 Å². The van der Waals surface area contributed by atoms with E-state index in [1.54, 1.807) is 11.8 Å². The van der Waals surface area contributed by atoms with Crippen LogP contribution >= 0.6 is 11.8 Å². The number of benzene rings is 1. The van der Waals surface area contributed by atoms with Crippen LogP contribution in [0.3, 0.4) is 0 Å². The summed E-state index contributed by atoms with van der Waals surface area (Å²) in [5.74, 6) is 0.488. The van der Waals surface area contributed by atoms with Crippen LogP contribution < -0.4 is 5.32 Å². The molecule has 1 fully saturated rings. The first-order valence-corrected chi connectivity index (χ1v) is 10.5. The lowest BCUT2D eigenvalue weighted by Gasteiger charge is -2.23. The van der Waals surface area contributed by atoms with Crippen molar-refractivity contribution in [2.75, 3.05) is 19.0 Å². The van der Waals surface area contributed by atoms with Gasteiger partial charge in [-0.3, -0.25) is 9.36 Å². The third-order valence-corrected chi connectivity index (χ3v) is 5.97. The molecule has 2 aromatic rings. The molecule has 0 saturated carbocycles. The first-order chi connectivity index (χ1) is 12.8. The molecule has 2 aliphatic rings. The molecule has 0 spiro atoms. The SMILES string of the molecule is O=C(CSc1nc2c(n1-c1ccccc1)CCCC2)NC1CCOCC1. The van der Waals surface area contributed by atoms with Crippen LogP contribution in [-0.4, -0.2) is 40.5 Å². The standard InChI is InChI=1S/C20H25N3O2S/c24-19(21-15-10-12-25-13-11-15)14-26-20-22-17-8-4-5-9-18(17)23(20)16-6-2-1-3-7-16/h1-3,6-7,15H,4-5,8-14H2,(H,21,24). The summed E-state index contributed by atoms with van der Waals surface area (Å²) in [6, 6.07) is 10.6. The minimum Gasteiger partial charge on any atom is -0.381 e. The highest BCUT2D eigenvalue weighted by molar-refractivity contribution is 7.99. The molecule has 0 radical (unpaired) electrons. The molecule has 6 heteroatoms. The molecule has 0 unspecified atom stereocenters. The van der Waals surface area contributed by atoms with Crippen LogP contribution in [0.4, 0.5) is 0 Å². The number of aryl methyl sites for hydroxylation is 1. The van der Waals surface area contributed by atoms with E-state index in [-0.39, 0.29) is 11.9 Å². The lowest BCUT2D eigenvalue weighted by molar-refractivity contribution is -0.119. The summed E-state index contributed by atoms with van der Waals surface area (Å²) in [6.45, 7) is 1.48. The summed E-state index contributed by atoms with van der Waals surface area (Å²) >= 11 is 1.54. The number of thioether (sulfide) groups is 1. The van der Waals surface area contributed by atoms with Crippen molar-refractivity contribution < 1.29 is 9.53 Å². The average molecular weight is 372 g/mol. The third kappa shape index (κ3) is 3.96. The van der Waals surface area contributed by atoms with Crippen molar-refractivity contribution in [1.82, 2.24) is 14.9 Å². The number of carbonyl (C=O) groups is 1. The van der Waals surface area contributed by atoms with Crippen molar-refractivity contribution in [3.8, 4) is 5.69 Å². The Morgan fingerprint density at radius 3 is 2.77 bits per heavy atom. The number of hydrogen-bond donors (Lipinski definition) is 1. The highest BCUT2D eigenvalue weighted by Gasteiger charge is 2.22. The molecule has 1 amide bonds. The Morgan fingerprint density at radius 2 is 1.96 bits per heavy atom. The Labute approximate surface area is 158 Å². The average Bonchev–Trinajstić information content (AvgIpc) is 3.06. The fourth-order valence-corrected chi connectivity index (χ4v) is 4.56. The molecule has 1 saturated heterocycles. The van der Waals surface area contributed by atoms with Crippen molar-refractivity contribution in [3.63, 3.8) is 0 Å². The minimum absolute atomic E-state index is 0.0856. The van der Waals surface area contributed by atoms with Gasteiger partial charge in [0.25, 0.3) is 0 Å². The summed E-state index contributed by atoms with van der Waals surface area (Å²) in [7, 11) is 0. The number of para-hydroxylation sites is 1. The van der Waals surface area contributed by atoms with Crippen LogP contribution in [0.25, 0.3) is 5.69 Å². The summed E-state index contributed by atoms with van der Waals surface area (Å²) in [5.41, 5.74) is 3.65. The fourth-order valence-electron chi connectivity index (χ4n) is 3.70. The van der Waals surface area contributed by atoms with E-state index in [1.807, 2.05) is 6.07 Å². The molecule has 26 heavy (non-hydrogen) atoms. The van der Waals surface area contributed by atoms with Crippen molar-refractivity contribution >= 4 is 17.7 Å². The molecule has 1 aliphatic carbocycles. The van der Waals surface area contributed by atoms with Gasteiger partial charge < -0.3 is 10.1 Å². The maximum absolute atomic E-state index is 12.4. The Bertz CT molecular complexity index is 754. The number of carbonyl (C=O) groups excluding carboxylic acids is 1. The molecular weight excluding hydrogens is 346 g/mol. The Morgan fingerprint density at radius 1 is 1.19 bits per heavy atom. The zero-order valence-corrected chi connectivity index (χ0v) is 15.8. The van der Waals surface area contributed by atoms with Gasteiger partial charge in [-0.2, -0.15) is 0 Å². The number of nitrogens with one attached hydrogen (secondary N) is 1. The van der Waals surface area contributed by atoms with Gasteiger partial charge >= 0.3 is 0 Å². The molecule has 1 N–H and O–H groups in total. The first-order valence-electron chi connectivity index (χ1n) is 9.47. The minimum atomic E-state index is 0.0856. The zero-order chi connectivity index (χ0) is 17.8. The number of aromatic nitrogens is 2. The highest BCUT2D eigenvalue weighted by atomic mass is 32.2. The molecule has 2 heterocycles. The predicted molar refractivity (Wildman–Crippen MR) is 103 cm³/mol. The molecule has 1 aromatic heterocycles. The predicted octanol–water partition coefficient (Wildman–Crippen LogP) is 3.14. The van der Waals surface area contributed by atoms with Gasteiger partial charge in [0, 0.05) is 30.6 Å². The Kier molecular flexibility index (Phi) is 5.60. The van der Waals surface area contributed by atoms with Crippen molar-refractivity contribution in [2.45, 2.75) is 49.7 Å². The molecule has 1 aliphatic heterocycles. The van der Waals surface area contributed by atoms with E-state index in [0.29, 0.717) is 5.75 Å². The van der Waals surface area contributed by atoms with Gasteiger partial charge in [0.1, 0.15) is 0 Å². The lowest BCUT2D eigenvalue weighted by Crippen LogP contribution is -2.39. The lowest BCUT2D eigenvalue weighted by atomic mass is 10.0. The maximum Gasteiger partial charge on any atom is 0.230 e. The van der Waals surface area contributed by atoms with Crippen LogP contribution in [0.15, 0.2) is 35.5 Å². The van der Waals surface area contributed by atoms with Gasteiger partial charge in [0.15, 0.2) is 5.16 Å². The van der Waals surface area contributed by atoms with E-state index in [0.717, 1.165) is 49.7 Å². The number of fused-ring (bicyclic) bond motifs is 1. The van der Waals surface area contributed by atoms with Crippen LogP contribution in [0.1, 0.15) is 37.1 Å². The molecule has 0 atom stereocenters. The van der Waals surface area contributed by atoms with E-state index >= 15 is 0 Å². The summed E-state index contributed by atoms with van der Waals surface area (Å²) in [4.78, 5) is 17.2. The monoisotopic (exact) mass is 371 g/mol. The van der Waals surface area contributed by atoms with Gasteiger partial charge in [-0.15, -0.1) is 0 Å². The first kappa shape index (κ1) is 17.6. The highest BCUT2D eigenvalue weighted by Crippen LogP contribution is 2.30. The summed E-state index contributed by atoms with van der Waals surface area (Å²) in [5, 5.41) is 4.07. The van der Waals surface area contributed by atoms with Crippen LogP contribution in [0.5, 0.6) is 0 Å². The number of hydrogen-bond acceptors (Lipinski definition) is 4. The largest absolute Gasteiger partial charge is 0.381 e. The number of ether oxygens (including phenoxy) is 1. The van der Waals surface area contributed by atoms with Gasteiger partial charge in [-0.25, -0.2) is 4.98 Å². The topological polar surface area (TPSA) is 56.2 Å². The number of rotatable bonds is 5. The van der Waals surface area contributed by atoms with Crippen molar-refractivity contribution in [2.24, 2.45) is 0 Å². The van der Waals surface area contributed by atoms with Crippen LogP contribution in [0.2, 0.25) is 0 Å². The van der Waals surface area contributed by atoms with Gasteiger partial charge in [0.2, 0.25) is 5.91 Å². The van der Waals surface area contributed by atoms with E-state index < -0.39 is 0 Å². The van der Waals surface area contributed by atoms with Crippen molar-refractivity contribution in [3.05, 3.63) is 41.7 Å². The molecular formula is C20H25N3O2S. The normalized spacial score (nSPS) is 17.7. The molecule has 5 nitrogen and oxygen atoms in total.